The first-order chi connectivity index (χ1) is 6.75. The molecule has 0 aromatic carbocycles. The van der Waals surface area contributed by atoms with Crippen molar-refractivity contribution in [1.29, 1.82) is 0 Å². The SMILES string of the molecule is Cc1cnc(C(O)CCC2CC2)cn1. The van der Waals surface area contributed by atoms with Crippen LogP contribution in [0.1, 0.15) is 43.2 Å². The number of rotatable bonds is 4. The molecule has 14 heavy (non-hydrogen) atoms. The van der Waals surface area contributed by atoms with Gasteiger partial charge in [-0.1, -0.05) is 12.8 Å². The predicted octanol–water partition coefficient (Wildman–Crippen LogP) is 2.01. The van der Waals surface area contributed by atoms with Crippen LogP contribution in [0.5, 0.6) is 0 Å². The third kappa shape index (κ3) is 2.51. The summed E-state index contributed by atoms with van der Waals surface area (Å²) in [4.78, 5) is 8.28. The Morgan fingerprint density at radius 2 is 2.21 bits per heavy atom. The number of hydrogen-bond donors (Lipinski definition) is 1. The number of aromatic nitrogens is 2. The van der Waals surface area contributed by atoms with Gasteiger partial charge in [-0.05, 0) is 25.7 Å². The molecule has 0 radical (unpaired) electrons. The molecule has 1 aromatic heterocycles. The molecule has 1 fully saturated rings. The average molecular weight is 192 g/mol. The summed E-state index contributed by atoms with van der Waals surface area (Å²) in [6.07, 6.45) is 7.57. The normalized spacial score (nSPS) is 18.1. The number of aliphatic hydroxyl groups excluding tert-OH is 1. The van der Waals surface area contributed by atoms with Crippen LogP contribution in [-0.2, 0) is 0 Å². The highest BCUT2D eigenvalue weighted by molar-refractivity contribution is 5.03. The zero-order chi connectivity index (χ0) is 9.97. The predicted molar refractivity (Wildman–Crippen MR) is 53.7 cm³/mol. The molecule has 1 atom stereocenters. The summed E-state index contributed by atoms with van der Waals surface area (Å²) in [5.41, 5.74) is 1.60. The second-order valence-electron chi connectivity index (χ2n) is 4.12. The molecular weight excluding hydrogens is 176 g/mol. The summed E-state index contributed by atoms with van der Waals surface area (Å²) in [5, 5.41) is 9.79. The maximum Gasteiger partial charge on any atom is 0.0975 e. The first-order valence-corrected chi connectivity index (χ1v) is 5.22. The summed E-state index contributed by atoms with van der Waals surface area (Å²) in [7, 11) is 0. The van der Waals surface area contributed by atoms with Crippen molar-refractivity contribution in [3.63, 3.8) is 0 Å². The molecule has 76 valence electrons. The van der Waals surface area contributed by atoms with Crippen molar-refractivity contribution in [3.05, 3.63) is 23.8 Å². The summed E-state index contributed by atoms with van der Waals surface area (Å²) >= 11 is 0. The van der Waals surface area contributed by atoms with Crippen LogP contribution >= 0.6 is 0 Å². The van der Waals surface area contributed by atoms with E-state index >= 15 is 0 Å². The smallest absolute Gasteiger partial charge is 0.0975 e. The van der Waals surface area contributed by atoms with Crippen LogP contribution < -0.4 is 0 Å². The minimum atomic E-state index is -0.427. The van der Waals surface area contributed by atoms with Gasteiger partial charge in [0.25, 0.3) is 0 Å². The molecule has 1 aliphatic rings. The Labute approximate surface area is 84.2 Å². The number of aliphatic hydroxyl groups is 1. The Morgan fingerprint density at radius 3 is 2.79 bits per heavy atom. The second-order valence-corrected chi connectivity index (χ2v) is 4.12. The molecule has 3 nitrogen and oxygen atoms in total. The van der Waals surface area contributed by atoms with Crippen LogP contribution in [0.25, 0.3) is 0 Å². The van der Waals surface area contributed by atoms with Crippen LogP contribution in [0.15, 0.2) is 12.4 Å². The van der Waals surface area contributed by atoms with Gasteiger partial charge in [-0.25, -0.2) is 0 Å². The van der Waals surface area contributed by atoms with E-state index in [0.717, 1.165) is 24.5 Å². The zero-order valence-corrected chi connectivity index (χ0v) is 8.48. The molecular formula is C11H16N2O. The molecule has 1 saturated carbocycles. The van der Waals surface area contributed by atoms with Gasteiger partial charge in [0.1, 0.15) is 0 Å². The molecule has 1 aromatic rings. The minimum absolute atomic E-state index is 0.427. The largest absolute Gasteiger partial charge is 0.387 e. The molecule has 0 amide bonds. The lowest BCUT2D eigenvalue weighted by molar-refractivity contribution is 0.157. The monoisotopic (exact) mass is 192 g/mol. The highest BCUT2D eigenvalue weighted by Crippen LogP contribution is 2.35. The van der Waals surface area contributed by atoms with E-state index in [-0.39, 0.29) is 0 Å². The fourth-order valence-electron chi connectivity index (χ4n) is 1.52. The van der Waals surface area contributed by atoms with Gasteiger partial charge < -0.3 is 5.11 Å². The number of aryl methyl sites for hydroxylation is 1. The lowest BCUT2D eigenvalue weighted by Crippen LogP contribution is -2.02. The van der Waals surface area contributed by atoms with Crippen LogP contribution in [0, 0.1) is 12.8 Å². The molecule has 1 N–H and O–H groups in total. The minimum Gasteiger partial charge on any atom is -0.387 e. The van der Waals surface area contributed by atoms with Gasteiger partial charge in [0.05, 0.1) is 23.7 Å². The van der Waals surface area contributed by atoms with Crippen molar-refractivity contribution in [2.75, 3.05) is 0 Å². The summed E-state index contributed by atoms with van der Waals surface area (Å²) in [5.74, 6) is 0.864. The highest BCUT2D eigenvalue weighted by atomic mass is 16.3. The lowest BCUT2D eigenvalue weighted by atomic mass is 10.1. The van der Waals surface area contributed by atoms with Crippen molar-refractivity contribution in [3.8, 4) is 0 Å². The maximum absolute atomic E-state index is 9.79. The van der Waals surface area contributed by atoms with E-state index in [9.17, 15) is 5.11 Å². The van der Waals surface area contributed by atoms with E-state index < -0.39 is 6.10 Å². The molecule has 0 bridgehead atoms. The third-order valence-corrected chi connectivity index (χ3v) is 2.69. The van der Waals surface area contributed by atoms with E-state index in [1.54, 1.807) is 12.4 Å². The van der Waals surface area contributed by atoms with E-state index in [0.29, 0.717) is 5.69 Å². The molecule has 2 rings (SSSR count). The molecule has 0 saturated heterocycles. The standard InChI is InChI=1S/C11H16N2O/c1-8-6-13-10(7-12-8)11(14)5-4-9-2-3-9/h6-7,9,11,14H,2-5H2,1H3. The van der Waals surface area contributed by atoms with E-state index in [4.69, 9.17) is 0 Å². The molecule has 1 heterocycles. The summed E-state index contributed by atoms with van der Waals surface area (Å²) in [6.45, 7) is 1.90. The Bertz CT molecular complexity index is 293. The second kappa shape index (κ2) is 4.05. The van der Waals surface area contributed by atoms with Gasteiger partial charge in [0.15, 0.2) is 0 Å². The molecule has 1 unspecified atom stereocenters. The first-order valence-electron chi connectivity index (χ1n) is 5.22. The topological polar surface area (TPSA) is 46.0 Å². The molecule has 1 aliphatic carbocycles. The van der Waals surface area contributed by atoms with Gasteiger partial charge in [0, 0.05) is 6.20 Å². The van der Waals surface area contributed by atoms with Gasteiger partial charge in [0.2, 0.25) is 0 Å². The van der Waals surface area contributed by atoms with Crippen molar-refractivity contribution >= 4 is 0 Å². The van der Waals surface area contributed by atoms with E-state index in [2.05, 4.69) is 9.97 Å². The average Bonchev–Trinajstić information content (AvgIpc) is 2.99. The van der Waals surface area contributed by atoms with Crippen LogP contribution in [-0.4, -0.2) is 15.1 Å². The Morgan fingerprint density at radius 1 is 1.43 bits per heavy atom. The Balaban J connectivity index is 1.88. The van der Waals surface area contributed by atoms with Crippen LogP contribution in [0.3, 0.4) is 0 Å². The fourth-order valence-corrected chi connectivity index (χ4v) is 1.52. The van der Waals surface area contributed by atoms with Gasteiger partial charge in [-0.15, -0.1) is 0 Å². The number of hydrogen-bond acceptors (Lipinski definition) is 3. The van der Waals surface area contributed by atoms with Crippen molar-refractivity contribution in [1.82, 2.24) is 9.97 Å². The van der Waals surface area contributed by atoms with Crippen LogP contribution in [0.2, 0.25) is 0 Å². The van der Waals surface area contributed by atoms with Crippen molar-refractivity contribution in [2.24, 2.45) is 5.92 Å². The number of nitrogens with zero attached hydrogens (tertiary/aromatic N) is 2. The van der Waals surface area contributed by atoms with E-state index in [1.165, 1.54) is 12.8 Å². The van der Waals surface area contributed by atoms with Crippen LogP contribution in [0.4, 0.5) is 0 Å². The fraction of sp³-hybridized carbons (Fsp3) is 0.636. The van der Waals surface area contributed by atoms with Gasteiger partial charge in [-0.3, -0.25) is 9.97 Å². The quantitative estimate of drug-likeness (QED) is 0.793. The summed E-state index contributed by atoms with van der Waals surface area (Å²) in [6, 6.07) is 0. The van der Waals surface area contributed by atoms with E-state index in [1.807, 2.05) is 6.92 Å². The lowest BCUT2D eigenvalue weighted by Gasteiger charge is -2.08. The third-order valence-electron chi connectivity index (χ3n) is 2.69. The zero-order valence-electron chi connectivity index (χ0n) is 8.48. The highest BCUT2D eigenvalue weighted by Gasteiger charge is 2.22. The molecule has 0 aliphatic heterocycles. The molecule has 0 spiro atoms. The van der Waals surface area contributed by atoms with Gasteiger partial charge >= 0.3 is 0 Å². The maximum atomic E-state index is 9.79. The Hall–Kier alpha value is -0.960. The van der Waals surface area contributed by atoms with Gasteiger partial charge in [-0.2, -0.15) is 0 Å². The molecule has 3 heteroatoms. The first kappa shape index (κ1) is 9.59. The van der Waals surface area contributed by atoms with Crippen molar-refractivity contribution in [2.45, 2.75) is 38.7 Å². The Kier molecular flexibility index (Phi) is 2.77. The van der Waals surface area contributed by atoms with Crippen molar-refractivity contribution < 1.29 is 5.11 Å². The summed E-state index contributed by atoms with van der Waals surface area (Å²) < 4.78 is 0.